The van der Waals surface area contributed by atoms with Gasteiger partial charge in [0.15, 0.2) is 15.6 Å². The lowest BCUT2D eigenvalue weighted by molar-refractivity contribution is -0.135. The van der Waals surface area contributed by atoms with Crippen molar-refractivity contribution in [2.75, 3.05) is 13.4 Å². The summed E-state index contributed by atoms with van der Waals surface area (Å²) in [5, 5.41) is 3.60. The fourth-order valence-electron chi connectivity index (χ4n) is 3.71. The van der Waals surface area contributed by atoms with Gasteiger partial charge >= 0.3 is 5.97 Å². The molecular weight excluding hydrogens is 624 g/mol. The molecule has 1 atom stereocenters. The molecule has 3 aromatic rings. The van der Waals surface area contributed by atoms with Crippen LogP contribution in [0.15, 0.2) is 29.2 Å². The van der Waals surface area contributed by atoms with Crippen LogP contribution in [-0.4, -0.2) is 56.1 Å². The Bertz CT molecular complexity index is 1600. The fraction of sp³-hybridized carbons (Fsp3) is 0.292. The van der Waals surface area contributed by atoms with E-state index in [9.17, 15) is 31.2 Å². The van der Waals surface area contributed by atoms with E-state index in [0.29, 0.717) is 0 Å². The number of benzene rings is 2. The van der Waals surface area contributed by atoms with Crippen LogP contribution in [0.1, 0.15) is 37.5 Å². The predicted molar refractivity (Wildman–Crippen MR) is 140 cm³/mol. The average molecular weight is 644 g/mol. The number of alkyl halides is 3. The number of sulfone groups is 1. The normalized spacial score (nSPS) is 12.5. The maximum atomic E-state index is 13.7. The van der Waals surface area contributed by atoms with Crippen LogP contribution in [0.2, 0.25) is 15.1 Å². The Kier molecular flexibility index (Phi) is 9.78. The number of nitrogens with zero attached hydrogens (tertiary/aromatic N) is 2. The van der Waals surface area contributed by atoms with Gasteiger partial charge in [-0.25, -0.2) is 31.1 Å². The Hall–Kier alpha value is -2.84. The van der Waals surface area contributed by atoms with Crippen LogP contribution in [0, 0.1) is 6.92 Å². The summed E-state index contributed by atoms with van der Waals surface area (Å²) in [6, 6.07) is 4.81. The van der Waals surface area contributed by atoms with E-state index >= 15 is 0 Å². The molecule has 2 aromatic carbocycles. The SMILES string of the molecule is COc1c(Cl)ccc(Cl)c1C(=O)Oc1c(C(=O)c2ccc(S(C)(=O)=O)c(COC(F)C(F)F)c2Cl)c(C)nn1C. The van der Waals surface area contributed by atoms with Crippen molar-refractivity contribution in [2.45, 2.75) is 31.2 Å². The molecule has 1 unspecified atom stereocenters. The third kappa shape index (κ3) is 6.39. The first-order valence-electron chi connectivity index (χ1n) is 11.0. The Morgan fingerprint density at radius 3 is 2.25 bits per heavy atom. The summed E-state index contributed by atoms with van der Waals surface area (Å²) in [6.45, 7) is 0.436. The zero-order valence-corrected chi connectivity index (χ0v) is 24.2. The molecule has 1 aromatic heterocycles. The molecule has 0 saturated heterocycles. The molecule has 0 radical (unpaired) electrons. The number of ketones is 1. The molecule has 40 heavy (non-hydrogen) atoms. The fourth-order valence-corrected chi connectivity index (χ4v) is 5.45. The summed E-state index contributed by atoms with van der Waals surface area (Å²) in [4.78, 5) is 26.3. The molecule has 0 aliphatic heterocycles. The molecular formula is C24H20Cl3F3N2O7S. The number of halogens is 6. The highest BCUT2D eigenvalue weighted by atomic mass is 35.5. The summed E-state index contributed by atoms with van der Waals surface area (Å²) in [5.41, 5.74) is -1.14. The van der Waals surface area contributed by atoms with E-state index in [1.54, 1.807) is 0 Å². The molecule has 0 saturated carbocycles. The Balaban J connectivity index is 2.11. The van der Waals surface area contributed by atoms with Crippen molar-refractivity contribution in [1.29, 1.82) is 0 Å². The molecule has 0 fully saturated rings. The molecule has 0 spiro atoms. The van der Waals surface area contributed by atoms with Gasteiger partial charge in [-0.15, -0.1) is 0 Å². The lowest BCUT2D eigenvalue weighted by Crippen LogP contribution is -2.18. The first kappa shape index (κ1) is 31.7. The maximum absolute atomic E-state index is 13.7. The Labute approximate surface area is 241 Å². The number of carbonyl (C=O) groups is 2. The molecule has 1 heterocycles. The van der Waals surface area contributed by atoms with Gasteiger partial charge in [0.05, 0.1) is 39.4 Å². The van der Waals surface area contributed by atoms with E-state index in [1.165, 1.54) is 33.2 Å². The second-order valence-corrected chi connectivity index (χ2v) is 11.4. The standard InChI is InChI=1S/C24H20Cl3F3N2O7S/c1-10-16(23(32(2)31-10)39-24(34)17-13(25)6-7-14(26)20(17)37-3)19(33)11-5-8-15(40(4,35)36)12(18(11)27)9-38-22(30)21(28)29/h5-8,21-22H,9H2,1-4H3. The summed E-state index contributed by atoms with van der Waals surface area (Å²) >= 11 is 18.6. The van der Waals surface area contributed by atoms with Crippen molar-refractivity contribution < 1.29 is 45.4 Å². The monoisotopic (exact) mass is 642 g/mol. The minimum Gasteiger partial charge on any atom is -0.494 e. The minimum absolute atomic E-state index is 0.0583. The van der Waals surface area contributed by atoms with Gasteiger partial charge in [-0.1, -0.05) is 34.8 Å². The summed E-state index contributed by atoms with van der Waals surface area (Å²) < 4.78 is 79.4. The molecule has 216 valence electrons. The number of carbonyl (C=O) groups excluding carboxylic acids is 2. The van der Waals surface area contributed by atoms with Gasteiger partial charge in [0, 0.05) is 24.4 Å². The highest BCUT2D eigenvalue weighted by Crippen LogP contribution is 2.37. The van der Waals surface area contributed by atoms with Crippen LogP contribution < -0.4 is 9.47 Å². The summed E-state index contributed by atoms with van der Waals surface area (Å²) in [6.07, 6.45) is -5.74. The predicted octanol–water partition coefficient (Wildman–Crippen LogP) is 5.63. The van der Waals surface area contributed by atoms with Gasteiger partial charge in [0.1, 0.15) is 11.1 Å². The van der Waals surface area contributed by atoms with E-state index in [-0.39, 0.29) is 44.1 Å². The minimum atomic E-state index is -4.01. The first-order chi connectivity index (χ1) is 18.6. The molecule has 0 N–H and O–H groups in total. The van der Waals surface area contributed by atoms with E-state index in [4.69, 9.17) is 44.3 Å². The van der Waals surface area contributed by atoms with Gasteiger partial charge in [0.25, 0.3) is 12.8 Å². The topological polar surface area (TPSA) is 114 Å². The van der Waals surface area contributed by atoms with Crippen LogP contribution in [0.25, 0.3) is 0 Å². The van der Waals surface area contributed by atoms with Gasteiger partial charge in [-0.2, -0.15) is 5.10 Å². The lowest BCUT2D eigenvalue weighted by atomic mass is 10.0. The number of rotatable bonds is 10. The molecule has 0 bridgehead atoms. The zero-order chi connectivity index (χ0) is 30.1. The molecule has 0 aliphatic carbocycles. The summed E-state index contributed by atoms with van der Waals surface area (Å²) in [5.74, 6) is -2.34. The molecule has 16 heteroatoms. The van der Waals surface area contributed by atoms with Crippen molar-refractivity contribution in [3.8, 4) is 11.6 Å². The van der Waals surface area contributed by atoms with E-state index in [2.05, 4.69) is 9.84 Å². The first-order valence-corrected chi connectivity index (χ1v) is 14.0. The number of aromatic nitrogens is 2. The van der Waals surface area contributed by atoms with Gasteiger partial charge in [-0.3, -0.25) is 4.79 Å². The highest BCUT2D eigenvalue weighted by molar-refractivity contribution is 7.90. The molecule has 0 amide bonds. The average Bonchev–Trinajstić information content (AvgIpc) is 3.14. The Morgan fingerprint density at radius 2 is 1.68 bits per heavy atom. The van der Waals surface area contributed by atoms with Crippen LogP contribution >= 0.6 is 34.8 Å². The largest absolute Gasteiger partial charge is 0.494 e. The smallest absolute Gasteiger partial charge is 0.350 e. The molecule has 0 aliphatic rings. The van der Waals surface area contributed by atoms with E-state index < -0.39 is 56.5 Å². The lowest BCUT2D eigenvalue weighted by Gasteiger charge is -2.16. The van der Waals surface area contributed by atoms with Gasteiger partial charge in [0.2, 0.25) is 11.7 Å². The second kappa shape index (κ2) is 12.4. The highest BCUT2D eigenvalue weighted by Gasteiger charge is 2.31. The summed E-state index contributed by atoms with van der Waals surface area (Å²) in [7, 11) is -1.38. The maximum Gasteiger partial charge on any atom is 0.350 e. The number of ether oxygens (including phenoxy) is 3. The van der Waals surface area contributed by atoms with Crippen molar-refractivity contribution >= 4 is 56.4 Å². The van der Waals surface area contributed by atoms with Gasteiger partial charge in [-0.05, 0) is 31.2 Å². The van der Waals surface area contributed by atoms with E-state index in [0.717, 1.165) is 23.1 Å². The molecule has 3 rings (SSSR count). The van der Waals surface area contributed by atoms with Crippen LogP contribution in [0.5, 0.6) is 11.6 Å². The van der Waals surface area contributed by atoms with Gasteiger partial charge < -0.3 is 14.2 Å². The Morgan fingerprint density at radius 1 is 1.05 bits per heavy atom. The zero-order valence-electron chi connectivity index (χ0n) is 21.1. The van der Waals surface area contributed by atoms with Crippen LogP contribution in [0.4, 0.5) is 13.2 Å². The second-order valence-electron chi connectivity index (χ2n) is 8.22. The van der Waals surface area contributed by atoms with Crippen molar-refractivity contribution in [3.05, 3.63) is 67.3 Å². The van der Waals surface area contributed by atoms with Crippen LogP contribution in [-0.2, 0) is 28.2 Å². The van der Waals surface area contributed by atoms with Crippen LogP contribution in [0.3, 0.4) is 0 Å². The third-order valence-electron chi connectivity index (χ3n) is 5.48. The number of methoxy groups -OCH3 is 1. The van der Waals surface area contributed by atoms with Crippen molar-refractivity contribution in [2.24, 2.45) is 7.05 Å². The quantitative estimate of drug-likeness (QED) is 0.206. The number of esters is 1. The number of hydrogen-bond acceptors (Lipinski definition) is 8. The third-order valence-corrected chi connectivity index (χ3v) is 7.71. The van der Waals surface area contributed by atoms with Crippen molar-refractivity contribution in [3.63, 3.8) is 0 Å². The molecule has 9 nitrogen and oxygen atoms in total. The number of hydrogen-bond donors (Lipinski definition) is 0. The van der Waals surface area contributed by atoms with Crippen molar-refractivity contribution in [1.82, 2.24) is 9.78 Å². The van der Waals surface area contributed by atoms with E-state index in [1.807, 2.05) is 0 Å². The number of aryl methyl sites for hydroxylation is 2.